The van der Waals surface area contributed by atoms with Crippen molar-refractivity contribution in [1.82, 2.24) is 0 Å². The Morgan fingerprint density at radius 3 is 1.44 bits per heavy atom. The van der Waals surface area contributed by atoms with Crippen LogP contribution in [-0.2, 0) is 0 Å². The quantitative estimate of drug-likeness (QED) is 0.311. The van der Waals surface area contributed by atoms with Crippen LogP contribution in [0.4, 0.5) is 0 Å². The minimum Gasteiger partial charge on any atom is -0.0654 e. The van der Waals surface area contributed by atoms with Gasteiger partial charge >= 0.3 is 0 Å². The Labute approximate surface area is 117 Å². The van der Waals surface area contributed by atoms with E-state index in [9.17, 15) is 0 Å². The van der Waals surface area contributed by atoms with Crippen molar-refractivity contribution in [3.8, 4) is 0 Å². The Hall–Kier alpha value is 0. The van der Waals surface area contributed by atoms with Gasteiger partial charge in [-0.2, -0.15) is 0 Å². The molecule has 0 aliphatic carbocycles. The lowest BCUT2D eigenvalue weighted by molar-refractivity contribution is 0.296. The molecule has 110 valence electrons. The van der Waals surface area contributed by atoms with E-state index in [2.05, 4.69) is 27.7 Å². The van der Waals surface area contributed by atoms with Gasteiger partial charge in [-0.25, -0.2) is 0 Å². The second-order valence-corrected chi connectivity index (χ2v) is 6.18. The van der Waals surface area contributed by atoms with E-state index in [-0.39, 0.29) is 0 Å². The molecule has 0 rings (SSSR count). The van der Waals surface area contributed by atoms with Crippen LogP contribution < -0.4 is 0 Å². The highest BCUT2D eigenvalue weighted by Crippen LogP contribution is 2.28. The summed E-state index contributed by atoms with van der Waals surface area (Å²) in [6, 6.07) is 0. The van der Waals surface area contributed by atoms with Crippen molar-refractivity contribution in [2.45, 2.75) is 105 Å². The van der Waals surface area contributed by atoms with Gasteiger partial charge in [0.1, 0.15) is 0 Å². The molecule has 0 aliphatic rings. The van der Waals surface area contributed by atoms with Crippen molar-refractivity contribution >= 4 is 0 Å². The molecule has 0 aromatic carbocycles. The fourth-order valence-corrected chi connectivity index (χ4v) is 3.32. The third kappa shape index (κ3) is 9.97. The monoisotopic (exact) mass is 254 g/mol. The molecule has 0 saturated heterocycles. The minimum absolute atomic E-state index is 1.02. The summed E-state index contributed by atoms with van der Waals surface area (Å²) in [5.74, 6) is 2.04. The summed E-state index contributed by atoms with van der Waals surface area (Å²) in [5, 5.41) is 0. The molecule has 0 heteroatoms. The van der Waals surface area contributed by atoms with Crippen LogP contribution in [0, 0.1) is 11.8 Å². The van der Waals surface area contributed by atoms with Crippen LogP contribution >= 0.6 is 0 Å². The highest BCUT2D eigenvalue weighted by Gasteiger charge is 2.14. The van der Waals surface area contributed by atoms with Gasteiger partial charge < -0.3 is 0 Å². The molecule has 0 heterocycles. The maximum absolute atomic E-state index is 2.35. The van der Waals surface area contributed by atoms with E-state index in [4.69, 9.17) is 0 Å². The molecule has 0 fully saturated rings. The Kier molecular flexibility index (Phi) is 13.4. The van der Waals surface area contributed by atoms with Gasteiger partial charge in [-0.1, -0.05) is 98.3 Å². The predicted molar refractivity (Wildman–Crippen MR) is 85.1 cm³/mol. The molecule has 0 aromatic rings. The standard InChI is InChI=1S/C18H38/c1-5-9-10-11-15-18(14-8-4)16-17(12-6-2)13-7-3/h17-18H,5-16H2,1-4H3. The Morgan fingerprint density at radius 2 is 1.00 bits per heavy atom. The lowest BCUT2D eigenvalue weighted by Crippen LogP contribution is -2.09. The van der Waals surface area contributed by atoms with Gasteiger partial charge in [0.05, 0.1) is 0 Å². The smallest absolute Gasteiger partial charge is 0.0412 e. The van der Waals surface area contributed by atoms with Crippen LogP contribution in [0.25, 0.3) is 0 Å². The van der Waals surface area contributed by atoms with E-state index < -0.39 is 0 Å². The zero-order chi connectivity index (χ0) is 13.6. The lowest BCUT2D eigenvalue weighted by Gasteiger charge is -2.23. The normalized spacial score (nSPS) is 13.2. The van der Waals surface area contributed by atoms with E-state index in [1.165, 1.54) is 77.0 Å². The number of unbranched alkanes of at least 4 members (excludes halogenated alkanes) is 3. The maximum atomic E-state index is 2.35. The van der Waals surface area contributed by atoms with Gasteiger partial charge in [0.15, 0.2) is 0 Å². The van der Waals surface area contributed by atoms with Gasteiger partial charge in [-0.15, -0.1) is 0 Å². The first-order valence-corrected chi connectivity index (χ1v) is 8.78. The summed E-state index contributed by atoms with van der Waals surface area (Å²) in [4.78, 5) is 0. The van der Waals surface area contributed by atoms with Gasteiger partial charge in [0.25, 0.3) is 0 Å². The first-order valence-electron chi connectivity index (χ1n) is 8.78. The molecule has 0 aromatic heterocycles. The van der Waals surface area contributed by atoms with Gasteiger partial charge in [-0.05, 0) is 18.3 Å². The third-order valence-electron chi connectivity index (χ3n) is 4.22. The van der Waals surface area contributed by atoms with Crippen LogP contribution in [0.2, 0.25) is 0 Å². The summed E-state index contributed by atoms with van der Waals surface area (Å²) in [7, 11) is 0. The van der Waals surface area contributed by atoms with Crippen molar-refractivity contribution < 1.29 is 0 Å². The molecule has 0 spiro atoms. The van der Waals surface area contributed by atoms with E-state index in [1.807, 2.05) is 0 Å². The van der Waals surface area contributed by atoms with Crippen LogP contribution in [0.1, 0.15) is 105 Å². The SMILES string of the molecule is CCCCCCC(CCC)CC(CCC)CCC. The zero-order valence-corrected chi connectivity index (χ0v) is 13.6. The van der Waals surface area contributed by atoms with Crippen molar-refractivity contribution in [3.05, 3.63) is 0 Å². The van der Waals surface area contributed by atoms with E-state index in [0.29, 0.717) is 0 Å². The van der Waals surface area contributed by atoms with E-state index in [0.717, 1.165) is 11.8 Å². The molecule has 0 N–H and O–H groups in total. The molecule has 1 atom stereocenters. The van der Waals surface area contributed by atoms with Crippen LogP contribution in [0.5, 0.6) is 0 Å². The van der Waals surface area contributed by atoms with Crippen molar-refractivity contribution in [3.63, 3.8) is 0 Å². The number of hydrogen-bond acceptors (Lipinski definition) is 0. The second-order valence-electron chi connectivity index (χ2n) is 6.18. The largest absolute Gasteiger partial charge is 0.0654 e. The van der Waals surface area contributed by atoms with E-state index >= 15 is 0 Å². The zero-order valence-electron chi connectivity index (χ0n) is 13.6. The summed E-state index contributed by atoms with van der Waals surface area (Å²) < 4.78 is 0. The molecule has 18 heavy (non-hydrogen) atoms. The Bertz CT molecular complexity index is 144. The third-order valence-corrected chi connectivity index (χ3v) is 4.22. The van der Waals surface area contributed by atoms with Crippen molar-refractivity contribution in [2.24, 2.45) is 11.8 Å². The highest BCUT2D eigenvalue weighted by molar-refractivity contribution is 4.67. The molecule has 0 amide bonds. The Balaban J connectivity index is 3.96. The average molecular weight is 255 g/mol. The van der Waals surface area contributed by atoms with Gasteiger partial charge in [-0.3, -0.25) is 0 Å². The van der Waals surface area contributed by atoms with Crippen LogP contribution in [0.15, 0.2) is 0 Å². The fraction of sp³-hybridized carbons (Fsp3) is 1.00. The molecular formula is C18H38. The maximum Gasteiger partial charge on any atom is -0.0412 e. The molecule has 1 unspecified atom stereocenters. The van der Waals surface area contributed by atoms with Gasteiger partial charge in [0.2, 0.25) is 0 Å². The minimum atomic E-state index is 1.02. The van der Waals surface area contributed by atoms with Crippen LogP contribution in [0.3, 0.4) is 0 Å². The van der Waals surface area contributed by atoms with Crippen molar-refractivity contribution in [2.75, 3.05) is 0 Å². The molecule has 0 nitrogen and oxygen atoms in total. The topological polar surface area (TPSA) is 0 Å². The molecule has 0 bridgehead atoms. The molecular weight excluding hydrogens is 216 g/mol. The number of rotatable bonds is 13. The second kappa shape index (κ2) is 13.4. The summed E-state index contributed by atoms with van der Waals surface area (Å²) >= 11 is 0. The molecule has 0 aliphatic heterocycles. The van der Waals surface area contributed by atoms with Crippen molar-refractivity contribution in [1.29, 1.82) is 0 Å². The molecule has 0 saturated carbocycles. The predicted octanol–water partition coefficient (Wildman–Crippen LogP) is 6.98. The Morgan fingerprint density at radius 1 is 0.500 bits per heavy atom. The average Bonchev–Trinajstić information content (AvgIpc) is 2.35. The summed E-state index contributed by atoms with van der Waals surface area (Å²) in [5.41, 5.74) is 0. The van der Waals surface area contributed by atoms with E-state index in [1.54, 1.807) is 0 Å². The lowest BCUT2D eigenvalue weighted by atomic mass is 9.83. The summed E-state index contributed by atoms with van der Waals surface area (Å²) in [6.45, 7) is 9.35. The fourth-order valence-electron chi connectivity index (χ4n) is 3.32. The van der Waals surface area contributed by atoms with Crippen LogP contribution in [-0.4, -0.2) is 0 Å². The first kappa shape index (κ1) is 18.0. The highest BCUT2D eigenvalue weighted by atomic mass is 14.2. The van der Waals surface area contributed by atoms with Gasteiger partial charge in [0, 0.05) is 0 Å². The molecule has 0 radical (unpaired) electrons. The first-order chi connectivity index (χ1) is 8.78. The summed E-state index contributed by atoms with van der Waals surface area (Å²) in [6.07, 6.45) is 17.3. The number of hydrogen-bond donors (Lipinski definition) is 0.